The lowest BCUT2D eigenvalue weighted by molar-refractivity contribution is -0.148. The van der Waals surface area contributed by atoms with E-state index in [1.54, 1.807) is 19.2 Å². The molecule has 0 bridgehead atoms. The highest BCUT2D eigenvalue weighted by Crippen LogP contribution is 2.15. The average molecular weight is 299 g/mol. The SMILES string of the molecule is Cc1ccc(S(=O)(=O)OCC2CN(C)C(=O)CO2)cc1. The van der Waals surface area contributed by atoms with Crippen molar-refractivity contribution in [2.45, 2.75) is 17.9 Å². The molecule has 0 aromatic heterocycles. The van der Waals surface area contributed by atoms with Crippen LogP contribution in [0.5, 0.6) is 0 Å². The molecule has 7 heteroatoms. The summed E-state index contributed by atoms with van der Waals surface area (Å²) in [7, 11) is -2.15. The van der Waals surface area contributed by atoms with E-state index in [0.29, 0.717) is 6.54 Å². The van der Waals surface area contributed by atoms with Crippen molar-refractivity contribution < 1.29 is 22.1 Å². The third kappa shape index (κ3) is 3.56. The molecule has 0 spiro atoms. The standard InChI is InChI=1S/C13H17NO5S/c1-10-3-5-12(6-4-10)20(16,17)19-8-11-7-14(2)13(15)9-18-11/h3-6,11H,7-9H2,1-2H3. The number of aryl methyl sites for hydroxylation is 1. The molecular formula is C13H17NO5S. The van der Waals surface area contributed by atoms with Crippen LogP contribution in [-0.4, -0.2) is 52.1 Å². The van der Waals surface area contributed by atoms with Gasteiger partial charge in [-0.05, 0) is 19.1 Å². The normalized spacial score (nSPS) is 20.2. The van der Waals surface area contributed by atoms with Crippen LogP contribution in [0.3, 0.4) is 0 Å². The van der Waals surface area contributed by atoms with E-state index in [9.17, 15) is 13.2 Å². The van der Waals surface area contributed by atoms with Crippen molar-refractivity contribution in [2.24, 2.45) is 0 Å². The summed E-state index contributed by atoms with van der Waals surface area (Å²) in [6, 6.07) is 6.42. The first-order valence-electron chi connectivity index (χ1n) is 6.20. The van der Waals surface area contributed by atoms with E-state index < -0.39 is 16.2 Å². The highest BCUT2D eigenvalue weighted by Gasteiger charge is 2.26. The van der Waals surface area contributed by atoms with Gasteiger partial charge in [-0.3, -0.25) is 8.98 Å². The van der Waals surface area contributed by atoms with Crippen molar-refractivity contribution in [3.63, 3.8) is 0 Å². The molecule has 1 saturated heterocycles. The van der Waals surface area contributed by atoms with E-state index in [-0.39, 0.29) is 24.0 Å². The molecule has 1 aliphatic rings. The number of benzene rings is 1. The molecule has 6 nitrogen and oxygen atoms in total. The monoisotopic (exact) mass is 299 g/mol. The predicted molar refractivity (Wildman–Crippen MR) is 71.7 cm³/mol. The summed E-state index contributed by atoms with van der Waals surface area (Å²) in [4.78, 5) is 12.8. The summed E-state index contributed by atoms with van der Waals surface area (Å²) < 4.78 is 34.2. The molecule has 0 aliphatic carbocycles. The first kappa shape index (κ1) is 15.0. The Kier molecular flexibility index (Phi) is 4.42. The molecule has 0 radical (unpaired) electrons. The molecule has 1 aromatic carbocycles. The van der Waals surface area contributed by atoms with Gasteiger partial charge in [0.05, 0.1) is 11.5 Å². The molecule has 1 fully saturated rings. The predicted octanol–water partition coefficient (Wildman–Crippen LogP) is 0.558. The zero-order valence-electron chi connectivity index (χ0n) is 11.4. The molecule has 2 rings (SSSR count). The number of ether oxygens (including phenoxy) is 1. The first-order chi connectivity index (χ1) is 9.38. The highest BCUT2D eigenvalue weighted by atomic mass is 32.2. The lowest BCUT2D eigenvalue weighted by Gasteiger charge is -2.29. The minimum Gasteiger partial charge on any atom is -0.364 e. The van der Waals surface area contributed by atoms with Crippen molar-refractivity contribution in [2.75, 3.05) is 26.8 Å². The molecule has 1 atom stereocenters. The third-order valence-electron chi connectivity index (χ3n) is 3.06. The molecule has 1 unspecified atom stereocenters. The van der Waals surface area contributed by atoms with E-state index in [0.717, 1.165) is 5.56 Å². The fraction of sp³-hybridized carbons (Fsp3) is 0.462. The second-order valence-corrected chi connectivity index (χ2v) is 6.37. The van der Waals surface area contributed by atoms with Gasteiger partial charge in [-0.25, -0.2) is 0 Å². The maximum Gasteiger partial charge on any atom is 0.297 e. The summed E-state index contributed by atoms with van der Waals surface area (Å²) in [6.45, 7) is 2.05. The van der Waals surface area contributed by atoms with Gasteiger partial charge in [-0.1, -0.05) is 17.7 Å². The number of carbonyl (C=O) groups is 1. The molecule has 1 heterocycles. The summed E-state index contributed by atoms with van der Waals surface area (Å²) in [6.07, 6.45) is -0.432. The second kappa shape index (κ2) is 5.90. The van der Waals surface area contributed by atoms with Gasteiger partial charge in [0.2, 0.25) is 5.91 Å². The Labute approximate surface area is 118 Å². The summed E-state index contributed by atoms with van der Waals surface area (Å²) in [5.74, 6) is -0.123. The van der Waals surface area contributed by atoms with E-state index in [1.807, 2.05) is 6.92 Å². The zero-order chi connectivity index (χ0) is 14.8. The van der Waals surface area contributed by atoms with Crippen LogP contribution >= 0.6 is 0 Å². The van der Waals surface area contributed by atoms with Crippen LogP contribution in [0.25, 0.3) is 0 Å². The van der Waals surface area contributed by atoms with Crippen LogP contribution < -0.4 is 0 Å². The largest absolute Gasteiger partial charge is 0.364 e. The van der Waals surface area contributed by atoms with E-state index >= 15 is 0 Å². The van der Waals surface area contributed by atoms with Gasteiger partial charge in [0, 0.05) is 13.6 Å². The lowest BCUT2D eigenvalue weighted by Crippen LogP contribution is -2.46. The molecule has 1 aromatic rings. The third-order valence-corrected chi connectivity index (χ3v) is 4.36. The van der Waals surface area contributed by atoms with Crippen molar-refractivity contribution in [3.8, 4) is 0 Å². The van der Waals surface area contributed by atoms with Crippen LogP contribution in [0.15, 0.2) is 29.2 Å². The van der Waals surface area contributed by atoms with Crippen LogP contribution in [0.2, 0.25) is 0 Å². The Balaban J connectivity index is 1.96. The molecule has 0 saturated carbocycles. The van der Waals surface area contributed by atoms with Crippen molar-refractivity contribution in [1.82, 2.24) is 4.90 Å². The second-order valence-electron chi connectivity index (χ2n) is 4.76. The smallest absolute Gasteiger partial charge is 0.297 e. The molecule has 0 N–H and O–H groups in total. The van der Waals surface area contributed by atoms with Gasteiger partial charge in [0.25, 0.3) is 10.1 Å². The molecule has 1 aliphatic heterocycles. The number of carbonyl (C=O) groups excluding carboxylic acids is 1. The van der Waals surface area contributed by atoms with E-state index in [2.05, 4.69) is 0 Å². The zero-order valence-corrected chi connectivity index (χ0v) is 12.2. The van der Waals surface area contributed by atoms with E-state index in [1.165, 1.54) is 17.0 Å². The number of nitrogens with zero attached hydrogens (tertiary/aromatic N) is 1. The quantitative estimate of drug-likeness (QED) is 0.760. The molecular weight excluding hydrogens is 282 g/mol. The fourth-order valence-corrected chi connectivity index (χ4v) is 2.74. The Bertz CT molecular complexity index is 581. The summed E-state index contributed by atoms with van der Waals surface area (Å²) in [5, 5.41) is 0. The van der Waals surface area contributed by atoms with Crippen molar-refractivity contribution in [1.29, 1.82) is 0 Å². The number of amides is 1. The number of likely N-dealkylation sites (N-methyl/N-ethyl adjacent to an activating group) is 1. The Morgan fingerprint density at radius 2 is 2.00 bits per heavy atom. The molecule has 20 heavy (non-hydrogen) atoms. The van der Waals surface area contributed by atoms with Gasteiger partial charge in [0.1, 0.15) is 12.7 Å². The maximum absolute atomic E-state index is 12.0. The summed E-state index contributed by atoms with van der Waals surface area (Å²) >= 11 is 0. The van der Waals surface area contributed by atoms with Crippen LogP contribution in [-0.2, 0) is 23.8 Å². The van der Waals surface area contributed by atoms with Crippen molar-refractivity contribution >= 4 is 16.0 Å². The molecule has 1 amide bonds. The average Bonchev–Trinajstić information content (AvgIpc) is 2.41. The number of rotatable bonds is 4. The Hall–Kier alpha value is -1.44. The number of hydrogen-bond donors (Lipinski definition) is 0. The van der Waals surface area contributed by atoms with E-state index in [4.69, 9.17) is 8.92 Å². The fourth-order valence-electron chi connectivity index (χ4n) is 1.80. The first-order valence-corrected chi connectivity index (χ1v) is 7.61. The summed E-state index contributed by atoms with van der Waals surface area (Å²) in [5.41, 5.74) is 0.972. The molecule has 110 valence electrons. The van der Waals surface area contributed by atoms with Gasteiger partial charge >= 0.3 is 0 Å². The van der Waals surface area contributed by atoms with Crippen LogP contribution in [0, 0.1) is 6.92 Å². The Morgan fingerprint density at radius 3 is 2.60 bits per heavy atom. The number of morpholine rings is 1. The minimum absolute atomic E-state index is 0.0465. The topological polar surface area (TPSA) is 72.9 Å². The van der Waals surface area contributed by atoms with Gasteiger partial charge < -0.3 is 9.64 Å². The Morgan fingerprint density at radius 1 is 1.35 bits per heavy atom. The highest BCUT2D eigenvalue weighted by molar-refractivity contribution is 7.86. The van der Waals surface area contributed by atoms with Crippen molar-refractivity contribution in [3.05, 3.63) is 29.8 Å². The number of hydrogen-bond acceptors (Lipinski definition) is 5. The lowest BCUT2D eigenvalue weighted by atomic mass is 10.2. The minimum atomic E-state index is -3.79. The van der Waals surface area contributed by atoms with Gasteiger partial charge in [-0.15, -0.1) is 0 Å². The van der Waals surface area contributed by atoms with Crippen LogP contribution in [0.1, 0.15) is 5.56 Å². The van der Waals surface area contributed by atoms with Crippen LogP contribution in [0.4, 0.5) is 0 Å². The maximum atomic E-state index is 12.0. The van der Waals surface area contributed by atoms with Gasteiger partial charge in [0.15, 0.2) is 0 Å². The van der Waals surface area contributed by atoms with Gasteiger partial charge in [-0.2, -0.15) is 8.42 Å².